The Hall–Kier alpha value is -2.08. The van der Waals surface area contributed by atoms with Crippen LogP contribution in [0.3, 0.4) is 0 Å². The molecule has 0 unspecified atom stereocenters. The minimum atomic E-state index is 0.380. The third-order valence-electron chi connectivity index (χ3n) is 2.44. The number of benzene rings is 1. The van der Waals surface area contributed by atoms with Crippen molar-refractivity contribution in [2.24, 2.45) is 10.2 Å². The molecule has 0 radical (unpaired) electrons. The van der Waals surface area contributed by atoms with Crippen LogP contribution in [0.1, 0.15) is 4.88 Å². The molecule has 2 aromatic rings. The van der Waals surface area contributed by atoms with Crippen LogP contribution in [0.5, 0.6) is 0 Å². The number of carbonyl (C=O) groups is 1. The smallest absolute Gasteiger partial charge is 0.230 e. The molecule has 0 fully saturated rings. The second kappa shape index (κ2) is 6.19. The van der Waals surface area contributed by atoms with E-state index in [9.17, 15) is 4.79 Å². The Bertz CT molecular complexity index is 575. The monoisotopic (exact) mass is 274 g/mol. The molecule has 6 heteroatoms. The molecule has 5 nitrogen and oxygen atoms in total. The number of azo groups is 1. The average molecular weight is 274 g/mol. The van der Waals surface area contributed by atoms with Crippen molar-refractivity contribution in [1.29, 1.82) is 0 Å². The Kier molecular flexibility index (Phi) is 4.35. The van der Waals surface area contributed by atoms with Crippen molar-refractivity contribution < 1.29 is 4.79 Å². The van der Waals surface area contributed by atoms with Gasteiger partial charge in [0.05, 0.1) is 5.69 Å². The Balaban J connectivity index is 2.06. The van der Waals surface area contributed by atoms with Gasteiger partial charge in [-0.05, 0) is 24.3 Å². The van der Waals surface area contributed by atoms with Crippen molar-refractivity contribution in [1.82, 2.24) is 4.98 Å². The van der Waals surface area contributed by atoms with Gasteiger partial charge in [0.15, 0.2) is 0 Å². The van der Waals surface area contributed by atoms with Gasteiger partial charge in [-0.3, -0.25) is 0 Å². The first-order valence-electron chi connectivity index (χ1n) is 5.76. The molecule has 98 valence electrons. The average Bonchev–Trinajstić information content (AvgIpc) is 2.85. The number of aldehydes is 1. The molecule has 1 aromatic heterocycles. The summed E-state index contributed by atoms with van der Waals surface area (Å²) in [6.45, 7) is 0. The molecule has 1 aromatic carbocycles. The third kappa shape index (κ3) is 3.69. The van der Waals surface area contributed by atoms with Crippen LogP contribution in [0.15, 0.2) is 40.7 Å². The van der Waals surface area contributed by atoms with E-state index in [1.807, 2.05) is 43.3 Å². The van der Waals surface area contributed by atoms with Crippen LogP contribution >= 0.6 is 11.3 Å². The Labute approximate surface area is 115 Å². The van der Waals surface area contributed by atoms with Gasteiger partial charge in [-0.25, -0.2) is 4.98 Å². The van der Waals surface area contributed by atoms with Crippen molar-refractivity contribution in [3.63, 3.8) is 0 Å². The summed E-state index contributed by atoms with van der Waals surface area (Å²) in [5, 5.41) is 8.74. The highest BCUT2D eigenvalue weighted by Gasteiger charge is 2.00. The van der Waals surface area contributed by atoms with Crippen LogP contribution in [-0.4, -0.2) is 25.4 Å². The normalized spacial score (nSPS) is 10.8. The molecule has 0 atom stereocenters. The van der Waals surface area contributed by atoms with Crippen molar-refractivity contribution in [2.75, 3.05) is 19.0 Å². The standard InChI is InChI=1S/C13H14N4OS/c1-17(2)11-5-3-10(4-6-11)15-16-13-14-9-12(19-13)7-8-18/h3-6,8-9H,7H2,1-2H3. The summed E-state index contributed by atoms with van der Waals surface area (Å²) in [4.78, 5) is 17.4. The van der Waals surface area contributed by atoms with E-state index in [2.05, 4.69) is 15.2 Å². The number of carbonyl (C=O) groups excluding carboxylic acids is 1. The van der Waals surface area contributed by atoms with Gasteiger partial charge < -0.3 is 9.69 Å². The molecule has 0 amide bonds. The second-order valence-electron chi connectivity index (χ2n) is 4.09. The molecule has 0 aliphatic carbocycles. The predicted octanol–water partition coefficient (Wildman–Crippen LogP) is 3.37. The van der Waals surface area contributed by atoms with Crippen LogP contribution in [-0.2, 0) is 11.2 Å². The van der Waals surface area contributed by atoms with Gasteiger partial charge >= 0.3 is 0 Å². The number of hydrogen-bond donors (Lipinski definition) is 0. The van der Waals surface area contributed by atoms with E-state index >= 15 is 0 Å². The largest absolute Gasteiger partial charge is 0.378 e. The summed E-state index contributed by atoms with van der Waals surface area (Å²) in [5.74, 6) is 0. The van der Waals surface area contributed by atoms with Gasteiger partial charge in [0.25, 0.3) is 0 Å². The molecule has 19 heavy (non-hydrogen) atoms. The zero-order valence-electron chi connectivity index (χ0n) is 10.8. The topological polar surface area (TPSA) is 57.9 Å². The lowest BCUT2D eigenvalue weighted by molar-refractivity contribution is -0.107. The Morgan fingerprint density at radius 1 is 1.26 bits per heavy atom. The molecular weight excluding hydrogens is 260 g/mol. The van der Waals surface area contributed by atoms with E-state index in [1.54, 1.807) is 6.20 Å². The third-order valence-corrected chi connectivity index (χ3v) is 3.35. The van der Waals surface area contributed by atoms with Gasteiger partial charge in [-0.15, -0.1) is 10.2 Å². The second-order valence-corrected chi connectivity index (χ2v) is 5.18. The first kappa shape index (κ1) is 13.4. The molecule has 0 aliphatic rings. The highest BCUT2D eigenvalue weighted by atomic mass is 32.1. The fourth-order valence-electron chi connectivity index (χ4n) is 1.44. The van der Waals surface area contributed by atoms with Crippen molar-refractivity contribution in [2.45, 2.75) is 6.42 Å². The zero-order valence-corrected chi connectivity index (χ0v) is 11.6. The number of hydrogen-bond acceptors (Lipinski definition) is 6. The van der Waals surface area contributed by atoms with E-state index in [4.69, 9.17) is 0 Å². The molecule has 0 bridgehead atoms. The maximum absolute atomic E-state index is 10.4. The summed E-state index contributed by atoms with van der Waals surface area (Å²) >= 11 is 1.37. The summed E-state index contributed by atoms with van der Waals surface area (Å²) in [7, 11) is 3.97. The summed E-state index contributed by atoms with van der Waals surface area (Å²) in [6, 6.07) is 7.76. The first-order chi connectivity index (χ1) is 9.19. The molecule has 0 spiro atoms. The molecule has 0 saturated heterocycles. The highest BCUT2D eigenvalue weighted by Crippen LogP contribution is 2.24. The molecule has 0 N–H and O–H groups in total. The van der Waals surface area contributed by atoms with E-state index in [-0.39, 0.29) is 0 Å². The number of aromatic nitrogens is 1. The fraction of sp³-hybridized carbons (Fsp3) is 0.231. The summed E-state index contributed by atoms with van der Waals surface area (Å²) in [5.41, 5.74) is 1.89. The van der Waals surface area contributed by atoms with Gasteiger partial charge in [-0.2, -0.15) is 0 Å². The molecule has 1 heterocycles. The first-order valence-corrected chi connectivity index (χ1v) is 6.58. The SMILES string of the molecule is CN(C)c1ccc(N=Nc2ncc(CC=O)s2)cc1. The molecule has 0 aliphatic heterocycles. The number of nitrogens with zero attached hydrogens (tertiary/aromatic N) is 4. The molecule has 0 saturated carbocycles. The van der Waals surface area contributed by atoms with E-state index in [0.29, 0.717) is 11.6 Å². The number of anilines is 1. The predicted molar refractivity (Wildman–Crippen MR) is 76.8 cm³/mol. The Morgan fingerprint density at radius 2 is 2.00 bits per heavy atom. The van der Waals surface area contributed by atoms with Crippen LogP contribution in [0.25, 0.3) is 0 Å². The summed E-state index contributed by atoms with van der Waals surface area (Å²) < 4.78 is 0. The minimum absolute atomic E-state index is 0.380. The van der Waals surface area contributed by atoms with Gasteiger partial charge in [0.2, 0.25) is 5.13 Å². The quantitative estimate of drug-likeness (QED) is 0.620. The maximum atomic E-state index is 10.4. The van der Waals surface area contributed by atoms with E-state index in [0.717, 1.165) is 22.5 Å². The fourth-order valence-corrected chi connectivity index (χ4v) is 2.12. The molecular formula is C13H14N4OS. The van der Waals surface area contributed by atoms with Crippen molar-refractivity contribution in [3.05, 3.63) is 35.3 Å². The highest BCUT2D eigenvalue weighted by molar-refractivity contribution is 7.15. The zero-order chi connectivity index (χ0) is 13.7. The summed E-state index contributed by atoms with van der Waals surface area (Å²) in [6.07, 6.45) is 2.89. The van der Waals surface area contributed by atoms with Crippen LogP contribution in [0.4, 0.5) is 16.5 Å². The lowest BCUT2D eigenvalue weighted by Crippen LogP contribution is -2.07. The maximum Gasteiger partial charge on any atom is 0.230 e. The van der Waals surface area contributed by atoms with Crippen LogP contribution in [0, 0.1) is 0 Å². The van der Waals surface area contributed by atoms with Gasteiger partial charge in [0, 0.05) is 37.3 Å². The number of thiazole rings is 1. The van der Waals surface area contributed by atoms with Crippen LogP contribution < -0.4 is 4.90 Å². The van der Waals surface area contributed by atoms with E-state index in [1.165, 1.54) is 11.3 Å². The van der Waals surface area contributed by atoms with Gasteiger partial charge in [-0.1, -0.05) is 11.3 Å². The van der Waals surface area contributed by atoms with Crippen LogP contribution in [0.2, 0.25) is 0 Å². The Morgan fingerprint density at radius 3 is 2.63 bits per heavy atom. The minimum Gasteiger partial charge on any atom is -0.378 e. The lowest BCUT2D eigenvalue weighted by atomic mass is 10.3. The van der Waals surface area contributed by atoms with E-state index < -0.39 is 0 Å². The molecule has 2 rings (SSSR count). The van der Waals surface area contributed by atoms with Gasteiger partial charge in [0.1, 0.15) is 6.29 Å². The van der Waals surface area contributed by atoms with Crippen molar-refractivity contribution >= 4 is 34.1 Å². The van der Waals surface area contributed by atoms with Crippen molar-refractivity contribution in [3.8, 4) is 0 Å². The number of rotatable bonds is 5. The lowest BCUT2D eigenvalue weighted by Gasteiger charge is -2.11.